The monoisotopic (exact) mass is 481 g/mol. The molecule has 27 heavy (non-hydrogen) atoms. The maximum atomic E-state index is 5.92. The second kappa shape index (κ2) is 9.54. The third-order valence-corrected chi connectivity index (χ3v) is 5.06. The van der Waals surface area contributed by atoms with E-state index in [1.165, 1.54) is 6.42 Å². The Balaban J connectivity index is 0.00000210. The van der Waals surface area contributed by atoms with Crippen molar-refractivity contribution in [2.75, 3.05) is 25.0 Å². The van der Waals surface area contributed by atoms with Crippen molar-refractivity contribution in [1.29, 1.82) is 0 Å². The SMILES string of the molecule is CCNC(=NCCNc1ccc2ccccc2n1)NC1CC2CCC1O2.I. The van der Waals surface area contributed by atoms with Gasteiger partial charge < -0.3 is 20.7 Å². The minimum Gasteiger partial charge on any atom is -0.373 e. The maximum Gasteiger partial charge on any atom is 0.191 e. The van der Waals surface area contributed by atoms with Crippen LogP contribution in [-0.4, -0.2) is 48.8 Å². The zero-order chi connectivity index (χ0) is 17.8. The van der Waals surface area contributed by atoms with Gasteiger partial charge in [-0.25, -0.2) is 4.98 Å². The number of halogens is 1. The van der Waals surface area contributed by atoms with Crippen molar-refractivity contribution in [1.82, 2.24) is 15.6 Å². The van der Waals surface area contributed by atoms with Crippen LogP contribution in [0.2, 0.25) is 0 Å². The number of pyridine rings is 1. The number of hydrogen-bond acceptors (Lipinski definition) is 4. The largest absolute Gasteiger partial charge is 0.373 e. The first kappa shape index (κ1) is 20.1. The van der Waals surface area contributed by atoms with Gasteiger partial charge in [0.05, 0.1) is 30.3 Å². The Bertz CT molecular complexity index is 784. The number of rotatable bonds is 6. The van der Waals surface area contributed by atoms with Gasteiger partial charge in [0.25, 0.3) is 0 Å². The van der Waals surface area contributed by atoms with E-state index in [4.69, 9.17) is 4.74 Å². The number of nitrogens with one attached hydrogen (secondary N) is 3. The number of benzene rings is 1. The first-order valence-electron chi connectivity index (χ1n) is 9.62. The summed E-state index contributed by atoms with van der Waals surface area (Å²) in [6.07, 6.45) is 4.26. The predicted molar refractivity (Wildman–Crippen MR) is 121 cm³/mol. The van der Waals surface area contributed by atoms with Crippen LogP contribution in [0.5, 0.6) is 0 Å². The molecule has 4 rings (SSSR count). The molecule has 1 aromatic carbocycles. The van der Waals surface area contributed by atoms with Gasteiger partial charge in [0, 0.05) is 18.5 Å². The van der Waals surface area contributed by atoms with Crippen LogP contribution in [0.4, 0.5) is 5.82 Å². The molecule has 0 saturated carbocycles. The Hall–Kier alpha value is -1.61. The molecular formula is C20H28IN5O. The summed E-state index contributed by atoms with van der Waals surface area (Å²) >= 11 is 0. The molecule has 1 aromatic heterocycles. The van der Waals surface area contributed by atoms with E-state index >= 15 is 0 Å². The molecule has 2 aliphatic heterocycles. The summed E-state index contributed by atoms with van der Waals surface area (Å²) in [5.41, 5.74) is 1.01. The summed E-state index contributed by atoms with van der Waals surface area (Å²) in [5.74, 6) is 1.76. The fourth-order valence-corrected chi connectivity index (χ4v) is 3.80. The lowest BCUT2D eigenvalue weighted by Gasteiger charge is -2.22. The summed E-state index contributed by atoms with van der Waals surface area (Å²) in [4.78, 5) is 9.32. The average molecular weight is 481 g/mol. The van der Waals surface area contributed by atoms with E-state index in [2.05, 4.69) is 45.0 Å². The Morgan fingerprint density at radius 3 is 2.89 bits per heavy atom. The highest BCUT2D eigenvalue weighted by atomic mass is 127. The lowest BCUT2D eigenvalue weighted by Crippen LogP contribution is -2.47. The van der Waals surface area contributed by atoms with E-state index in [9.17, 15) is 0 Å². The van der Waals surface area contributed by atoms with Crippen molar-refractivity contribution < 1.29 is 4.74 Å². The first-order chi connectivity index (χ1) is 12.8. The summed E-state index contributed by atoms with van der Waals surface area (Å²) < 4.78 is 5.92. The Kier molecular flexibility index (Phi) is 7.12. The summed E-state index contributed by atoms with van der Waals surface area (Å²) in [5, 5.41) is 11.4. The lowest BCUT2D eigenvalue weighted by molar-refractivity contribution is 0.0992. The highest BCUT2D eigenvalue weighted by molar-refractivity contribution is 14.0. The zero-order valence-electron chi connectivity index (χ0n) is 15.6. The molecule has 0 aliphatic carbocycles. The minimum atomic E-state index is 0. The molecule has 0 radical (unpaired) electrons. The second-order valence-electron chi connectivity index (χ2n) is 6.94. The predicted octanol–water partition coefficient (Wildman–Crippen LogP) is 3.14. The molecule has 3 unspecified atom stereocenters. The van der Waals surface area contributed by atoms with E-state index in [1.807, 2.05) is 24.3 Å². The van der Waals surface area contributed by atoms with Crippen LogP contribution in [0.3, 0.4) is 0 Å². The molecule has 2 bridgehead atoms. The molecule has 146 valence electrons. The number of para-hydroxylation sites is 1. The van der Waals surface area contributed by atoms with E-state index in [-0.39, 0.29) is 24.0 Å². The number of aromatic nitrogens is 1. The average Bonchev–Trinajstić information content (AvgIpc) is 3.28. The number of anilines is 1. The fraction of sp³-hybridized carbons (Fsp3) is 0.500. The van der Waals surface area contributed by atoms with Gasteiger partial charge >= 0.3 is 0 Å². The summed E-state index contributed by atoms with van der Waals surface area (Å²) in [6, 6.07) is 12.6. The molecule has 2 saturated heterocycles. The van der Waals surface area contributed by atoms with Crippen molar-refractivity contribution in [3.63, 3.8) is 0 Å². The van der Waals surface area contributed by atoms with Crippen LogP contribution in [0.15, 0.2) is 41.4 Å². The van der Waals surface area contributed by atoms with Crippen molar-refractivity contribution >= 4 is 46.7 Å². The first-order valence-corrected chi connectivity index (χ1v) is 9.62. The van der Waals surface area contributed by atoms with Crippen LogP contribution in [0, 0.1) is 0 Å². The standard InChI is InChI=1S/C20H27N5O.HI/c1-2-21-20(25-17-13-15-8-9-18(17)26-15)23-12-11-22-19-10-7-14-5-3-4-6-16(14)24-19;/h3-7,10,15,17-18H,2,8-9,11-13H2,1H3,(H,22,24)(H2,21,23,25);1H. The number of aliphatic imine (C=N–C) groups is 1. The van der Waals surface area contributed by atoms with Crippen molar-refractivity contribution in [2.45, 2.75) is 44.4 Å². The smallest absolute Gasteiger partial charge is 0.191 e. The molecule has 3 N–H and O–H groups in total. The van der Waals surface area contributed by atoms with Gasteiger partial charge in [0.15, 0.2) is 5.96 Å². The van der Waals surface area contributed by atoms with Crippen molar-refractivity contribution in [2.24, 2.45) is 4.99 Å². The summed E-state index contributed by atoms with van der Waals surface area (Å²) in [7, 11) is 0. The Morgan fingerprint density at radius 2 is 2.11 bits per heavy atom. The molecule has 6 nitrogen and oxygen atoms in total. The third kappa shape index (κ3) is 5.01. The Morgan fingerprint density at radius 1 is 1.22 bits per heavy atom. The van der Waals surface area contributed by atoms with Crippen LogP contribution < -0.4 is 16.0 Å². The van der Waals surface area contributed by atoms with Crippen LogP contribution in [0.1, 0.15) is 26.2 Å². The number of fused-ring (bicyclic) bond motifs is 3. The molecule has 3 atom stereocenters. The van der Waals surface area contributed by atoms with Gasteiger partial charge in [-0.15, -0.1) is 24.0 Å². The fourth-order valence-electron chi connectivity index (χ4n) is 3.80. The van der Waals surface area contributed by atoms with Crippen LogP contribution in [0.25, 0.3) is 10.9 Å². The van der Waals surface area contributed by atoms with Gasteiger partial charge in [-0.1, -0.05) is 18.2 Å². The van der Waals surface area contributed by atoms with Crippen LogP contribution >= 0.6 is 24.0 Å². The topological polar surface area (TPSA) is 70.6 Å². The van der Waals surface area contributed by atoms with Gasteiger partial charge in [-0.3, -0.25) is 4.99 Å². The highest BCUT2D eigenvalue weighted by Gasteiger charge is 2.41. The molecular weight excluding hydrogens is 453 g/mol. The normalized spacial score (nSPS) is 23.9. The number of nitrogens with zero attached hydrogens (tertiary/aromatic N) is 2. The van der Waals surface area contributed by atoms with E-state index in [0.29, 0.717) is 24.8 Å². The van der Waals surface area contributed by atoms with Gasteiger partial charge in [0.2, 0.25) is 0 Å². The van der Waals surface area contributed by atoms with Gasteiger partial charge in [-0.2, -0.15) is 0 Å². The molecule has 2 fully saturated rings. The number of guanidine groups is 1. The Labute approximate surface area is 177 Å². The molecule has 2 aliphatic rings. The lowest BCUT2D eigenvalue weighted by atomic mass is 9.96. The highest BCUT2D eigenvalue weighted by Crippen LogP contribution is 2.34. The minimum absolute atomic E-state index is 0. The van der Waals surface area contributed by atoms with Crippen molar-refractivity contribution in [3.8, 4) is 0 Å². The third-order valence-electron chi connectivity index (χ3n) is 5.06. The molecule has 0 spiro atoms. The number of ether oxygens (including phenoxy) is 1. The van der Waals surface area contributed by atoms with Gasteiger partial charge in [0.1, 0.15) is 5.82 Å². The van der Waals surface area contributed by atoms with E-state index in [0.717, 1.165) is 48.6 Å². The molecule has 3 heterocycles. The van der Waals surface area contributed by atoms with E-state index < -0.39 is 0 Å². The molecule has 7 heteroatoms. The summed E-state index contributed by atoms with van der Waals surface area (Å²) in [6.45, 7) is 4.37. The van der Waals surface area contributed by atoms with Crippen molar-refractivity contribution in [3.05, 3.63) is 36.4 Å². The second-order valence-corrected chi connectivity index (χ2v) is 6.94. The van der Waals surface area contributed by atoms with Crippen LogP contribution in [-0.2, 0) is 4.74 Å². The van der Waals surface area contributed by atoms with E-state index in [1.54, 1.807) is 0 Å². The zero-order valence-corrected chi connectivity index (χ0v) is 18.0. The van der Waals surface area contributed by atoms with Gasteiger partial charge in [-0.05, 0) is 44.4 Å². The maximum absolute atomic E-state index is 5.92. The molecule has 2 aromatic rings. The quantitative estimate of drug-likeness (QED) is 0.256. The molecule has 0 amide bonds. The number of hydrogen-bond donors (Lipinski definition) is 3.